The zero-order valence-electron chi connectivity index (χ0n) is 10.7. The van der Waals surface area contributed by atoms with Gasteiger partial charge in [0.2, 0.25) is 0 Å². The molecule has 2 atom stereocenters. The smallest absolute Gasteiger partial charge is 0.149 e. The van der Waals surface area contributed by atoms with Gasteiger partial charge in [-0.15, -0.1) is 10.2 Å². The molecule has 1 aliphatic carbocycles. The molecule has 5 nitrogen and oxygen atoms in total. The first kappa shape index (κ1) is 11.3. The van der Waals surface area contributed by atoms with Gasteiger partial charge in [-0.2, -0.15) is 0 Å². The standard InChI is InChI=1S/C13H17N5/c1-9(13-17-15-8-18(13)2)16-11-6-5-10-4-3-7-14-12(10)11/h3-4,7-9,11,16H,5-6H2,1-2H3. The second kappa shape index (κ2) is 4.49. The van der Waals surface area contributed by atoms with Gasteiger partial charge >= 0.3 is 0 Å². The summed E-state index contributed by atoms with van der Waals surface area (Å²) in [4.78, 5) is 4.49. The first-order valence-corrected chi connectivity index (χ1v) is 6.29. The Labute approximate surface area is 106 Å². The van der Waals surface area contributed by atoms with Gasteiger partial charge in [-0.1, -0.05) is 6.07 Å². The van der Waals surface area contributed by atoms with E-state index in [2.05, 4.69) is 33.5 Å². The van der Waals surface area contributed by atoms with Crippen molar-refractivity contribution in [2.45, 2.75) is 31.8 Å². The van der Waals surface area contributed by atoms with Crippen molar-refractivity contribution in [1.82, 2.24) is 25.1 Å². The predicted molar refractivity (Wildman–Crippen MR) is 67.9 cm³/mol. The number of nitrogens with zero attached hydrogens (tertiary/aromatic N) is 4. The number of aryl methyl sites for hydroxylation is 2. The van der Waals surface area contributed by atoms with Gasteiger partial charge in [0.15, 0.2) is 0 Å². The highest BCUT2D eigenvalue weighted by Gasteiger charge is 2.25. The summed E-state index contributed by atoms with van der Waals surface area (Å²) in [6.07, 6.45) is 5.81. The lowest BCUT2D eigenvalue weighted by Gasteiger charge is -2.18. The second-order valence-corrected chi connectivity index (χ2v) is 4.83. The molecule has 0 radical (unpaired) electrons. The van der Waals surface area contributed by atoms with Crippen molar-refractivity contribution >= 4 is 0 Å². The van der Waals surface area contributed by atoms with E-state index in [1.54, 1.807) is 6.33 Å². The molecule has 3 rings (SSSR count). The average Bonchev–Trinajstić information content (AvgIpc) is 2.97. The maximum Gasteiger partial charge on any atom is 0.149 e. The van der Waals surface area contributed by atoms with E-state index < -0.39 is 0 Å². The minimum atomic E-state index is 0.176. The van der Waals surface area contributed by atoms with Crippen LogP contribution in [0.5, 0.6) is 0 Å². The molecule has 0 aliphatic heterocycles. The molecule has 0 fully saturated rings. The lowest BCUT2D eigenvalue weighted by Crippen LogP contribution is -2.25. The summed E-state index contributed by atoms with van der Waals surface area (Å²) in [6.45, 7) is 2.12. The molecule has 0 spiro atoms. The fourth-order valence-corrected chi connectivity index (χ4v) is 2.64. The number of rotatable bonds is 3. The van der Waals surface area contributed by atoms with E-state index in [1.165, 1.54) is 11.3 Å². The number of fused-ring (bicyclic) bond motifs is 1. The molecule has 0 saturated carbocycles. The van der Waals surface area contributed by atoms with E-state index in [-0.39, 0.29) is 6.04 Å². The van der Waals surface area contributed by atoms with Crippen LogP contribution < -0.4 is 5.32 Å². The Morgan fingerprint density at radius 2 is 2.39 bits per heavy atom. The van der Waals surface area contributed by atoms with E-state index in [4.69, 9.17) is 0 Å². The largest absolute Gasteiger partial charge is 0.319 e. The van der Waals surface area contributed by atoms with Crippen LogP contribution in [-0.2, 0) is 13.5 Å². The van der Waals surface area contributed by atoms with Crippen molar-refractivity contribution < 1.29 is 0 Å². The lowest BCUT2D eigenvalue weighted by atomic mass is 10.2. The Kier molecular flexibility index (Phi) is 2.83. The van der Waals surface area contributed by atoms with Crippen molar-refractivity contribution in [3.63, 3.8) is 0 Å². The number of aromatic nitrogens is 4. The molecule has 94 valence electrons. The molecule has 2 aromatic rings. The van der Waals surface area contributed by atoms with Crippen LogP contribution in [0.25, 0.3) is 0 Å². The zero-order valence-corrected chi connectivity index (χ0v) is 10.7. The highest BCUT2D eigenvalue weighted by Crippen LogP contribution is 2.30. The summed E-state index contributed by atoms with van der Waals surface area (Å²) in [5, 5.41) is 11.7. The summed E-state index contributed by atoms with van der Waals surface area (Å²) in [6, 6.07) is 4.67. The first-order chi connectivity index (χ1) is 8.75. The molecule has 0 saturated heterocycles. The van der Waals surface area contributed by atoms with E-state index >= 15 is 0 Å². The van der Waals surface area contributed by atoms with Crippen LogP contribution in [0.4, 0.5) is 0 Å². The minimum absolute atomic E-state index is 0.176. The minimum Gasteiger partial charge on any atom is -0.319 e. The van der Waals surface area contributed by atoms with Crippen molar-refractivity contribution in [2.24, 2.45) is 7.05 Å². The Bertz CT molecular complexity index is 548. The van der Waals surface area contributed by atoms with Crippen molar-refractivity contribution in [2.75, 3.05) is 0 Å². The Hall–Kier alpha value is -1.75. The quantitative estimate of drug-likeness (QED) is 0.888. The molecule has 1 aliphatic rings. The molecule has 2 unspecified atom stereocenters. The topological polar surface area (TPSA) is 55.6 Å². The van der Waals surface area contributed by atoms with E-state index in [0.29, 0.717) is 6.04 Å². The average molecular weight is 243 g/mol. The van der Waals surface area contributed by atoms with Gasteiger partial charge in [0, 0.05) is 13.2 Å². The molecule has 0 aromatic carbocycles. The highest BCUT2D eigenvalue weighted by molar-refractivity contribution is 5.28. The molecular formula is C13H17N5. The summed E-state index contributed by atoms with van der Waals surface area (Å²) >= 11 is 0. The molecule has 0 bridgehead atoms. The normalized spacial score (nSPS) is 19.8. The fourth-order valence-electron chi connectivity index (χ4n) is 2.64. The summed E-state index contributed by atoms with van der Waals surface area (Å²) < 4.78 is 1.95. The van der Waals surface area contributed by atoms with Crippen molar-refractivity contribution in [1.29, 1.82) is 0 Å². The highest BCUT2D eigenvalue weighted by atomic mass is 15.3. The third-order valence-corrected chi connectivity index (χ3v) is 3.54. The van der Waals surface area contributed by atoms with Crippen LogP contribution in [0.15, 0.2) is 24.7 Å². The third kappa shape index (κ3) is 1.90. The Morgan fingerprint density at radius 1 is 1.50 bits per heavy atom. The van der Waals surface area contributed by atoms with Crippen LogP contribution in [-0.4, -0.2) is 19.7 Å². The van der Waals surface area contributed by atoms with E-state index in [1.807, 2.05) is 23.9 Å². The lowest BCUT2D eigenvalue weighted by molar-refractivity contribution is 0.436. The van der Waals surface area contributed by atoms with Gasteiger partial charge in [-0.05, 0) is 31.4 Å². The number of pyridine rings is 1. The Balaban J connectivity index is 1.77. The summed E-state index contributed by atoms with van der Waals surface area (Å²) in [5.74, 6) is 0.958. The predicted octanol–water partition coefficient (Wildman–Crippen LogP) is 1.55. The van der Waals surface area contributed by atoms with Gasteiger partial charge in [0.25, 0.3) is 0 Å². The maximum absolute atomic E-state index is 4.49. The van der Waals surface area contributed by atoms with Crippen LogP contribution in [0, 0.1) is 0 Å². The number of nitrogens with one attached hydrogen (secondary N) is 1. The molecule has 2 heterocycles. The van der Waals surface area contributed by atoms with E-state index in [0.717, 1.165) is 18.7 Å². The number of hydrogen-bond donors (Lipinski definition) is 1. The van der Waals surface area contributed by atoms with Crippen LogP contribution in [0.2, 0.25) is 0 Å². The fraction of sp³-hybridized carbons (Fsp3) is 0.462. The van der Waals surface area contributed by atoms with Crippen LogP contribution in [0.3, 0.4) is 0 Å². The number of hydrogen-bond acceptors (Lipinski definition) is 4. The van der Waals surface area contributed by atoms with Gasteiger partial charge in [-0.3, -0.25) is 10.3 Å². The monoisotopic (exact) mass is 243 g/mol. The molecule has 18 heavy (non-hydrogen) atoms. The SMILES string of the molecule is CC(NC1CCc2cccnc21)c1nncn1C. The molecule has 1 N–H and O–H groups in total. The molecule has 2 aromatic heterocycles. The van der Waals surface area contributed by atoms with Crippen LogP contribution >= 0.6 is 0 Å². The van der Waals surface area contributed by atoms with Gasteiger partial charge in [-0.25, -0.2) is 0 Å². The summed E-state index contributed by atoms with van der Waals surface area (Å²) in [5.41, 5.74) is 2.55. The van der Waals surface area contributed by atoms with E-state index in [9.17, 15) is 0 Å². The van der Waals surface area contributed by atoms with Crippen molar-refractivity contribution in [3.05, 3.63) is 41.7 Å². The van der Waals surface area contributed by atoms with Gasteiger partial charge < -0.3 is 4.57 Å². The second-order valence-electron chi connectivity index (χ2n) is 4.83. The van der Waals surface area contributed by atoms with Crippen LogP contribution in [0.1, 0.15) is 42.5 Å². The molecule has 0 amide bonds. The molecular weight excluding hydrogens is 226 g/mol. The van der Waals surface area contributed by atoms with Gasteiger partial charge in [0.1, 0.15) is 12.2 Å². The van der Waals surface area contributed by atoms with Gasteiger partial charge in [0.05, 0.1) is 17.8 Å². The first-order valence-electron chi connectivity index (χ1n) is 6.29. The zero-order chi connectivity index (χ0) is 12.5. The molecule has 5 heteroatoms. The maximum atomic E-state index is 4.49. The third-order valence-electron chi connectivity index (χ3n) is 3.54. The Morgan fingerprint density at radius 3 is 3.17 bits per heavy atom. The summed E-state index contributed by atoms with van der Waals surface area (Å²) in [7, 11) is 1.97. The van der Waals surface area contributed by atoms with Crippen molar-refractivity contribution in [3.8, 4) is 0 Å².